The summed E-state index contributed by atoms with van der Waals surface area (Å²) in [5, 5.41) is 0. The molecule has 0 aromatic carbocycles. The number of hydrogen-bond donors (Lipinski definition) is 0. The van der Waals surface area contributed by atoms with Crippen LogP contribution in [0.15, 0.2) is 22.9 Å². The fraction of sp³-hybridized carbons (Fsp3) is 0.375. The normalized spacial score (nSPS) is 11.6. The summed E-state index contributed by atoms with van der Waals surface area (Å²) in [7, 11) is 0. The molecule has 0 aliphatic carbocycles. The van der Waals surface area contributed by atoms with Crippen molar-refractivity contribution in [1.82, 2.24) is 4.98 Å². The molecule has 0 N–H and O–H groups in total. The van der Waals surface area contributed by atoms with E-state index in [1.54, 1.807) is 0 Å². The average molecular weight is 321 g/mol. The summed E-state index contributed by atoms with van der Waals surface area (Å²) in [5.74, 6) is 0. The molecule has 0 amide bonds. The van der Waals surface area contributed by atoms with Gasteiger partial charge < -0.3 is 0 Å². The van der Waals surface area contributed by atoms with Gasteiger partial charge in [0, 0.05) is 0 Å². The van der Waals surface area contributed by atoms with Gasteiger partial charge in [-0.15, -0.1) is 0 Å². The number of nitrogens with zero attached hydrogens (tertiary/aromatic N) is 1. The first kappa shape index (κ1) is 9.52. The van der Waals surface area contributed by atoms with Gasteiger partial charge in [-0.05, 0) is 0 Å². The van der Waals surface area contributed by atoms with Crippen molar-refractivity contribution in [3.63, 3.8) is 0 Å². The topological polar surface area (TPSA) is 12.9 Å². The number of pyridine rings is 1. The van der Waals surface area contributed by atoms with E-state index >= 15 is 0 Å². The van der Waals surface area contributed by atoms with E-state index in [4.69, 9.17) is 0 Å². The van der Waals surface area contributed by atoms with Crippen molar-refractivity contribution in [2.24, 2.45) is 0 Å². The Bertz CT molecular complexity index is 255. The Morgan fingerprint density at radius 2 is 2.00 bits per heavy atom. The van der Waals surface area contributed by atoms with E-state index in [9.17, 15) is 0 Å². The molecule has 0 atom stereocenters. The molecule has 0 aliphatic rings. The Kier molecular flexibility index (Phi) is 2.97. The zero-order valence-corrected chi connectivity index (χ0v) is 11.5. The fourth-order valence-electron chi connectivity index (χ4n) is 0.869. The van der Waals surface area contributed by atoms with Crippen molar-refractivity contribution in [2.45, 2.75) is 14.8 Å². The molecular weight excluding hydrogens is 309 g/mol. The van der Waals surface area contributed by atoms with Gasteiger partial charge in [-0.2, -0.15) is 0 Å². The number of aromatic nitrogens is 1. The van der Waals surface area contributed by atoms with E-state index in [1.165, 1.54) is 3.58 Å². The van der Waals surface area contributed by atoms with Crippen LogP contribution in [0.3, 0.4) is 0 Å². The van der Waals surface area contributed by atoms with Crippen LogP contribution in [0, 0.1) is 0 Å². The van der Waals surface area contributed by atoms with Gasteiger partial charge in [-0.3, -0.25) is 0 Å². The van der Waals surface area contributed by atoms with Crippen LogP contribution in [-0.4, -0.2) is 23.4 Å². The van der Waals surface area contributed by atoms with Crippen LogP contribution < -0.4 is 3.58 Å². The molecule has 11 heavy (non-hydrogen) atoms. The van der Waals surface area contributed by atoms with E-state index in [-0.39, 0.29) is 0 Å². The molecule has 1 aromatic rings. The molecule has 0 radical (unpaired) electrons. The Balaban J connectivity index is 3.06. The molecule has 0 bridgehead atoms. The molecule has 1 rings (SSSR count). The summed E-state index contributed by atoms with van der Waals surface area (Å²) in [4.78, 5) is 11.3. The van der Waals surface area contributed by atoms with Crippen LogP contribution in [0.2, 0.25) is 14.8 Å². The van der Waals surface area contributed by atoms with E-state index in [1.807, 2.05) is 6.20 Å². The molecule has 0 fully saturated rings. The van der Waals surface area contributed by atoms with Crippen LogP contribution in [-0.2, 0) is 0 Å². The Morgan fingerprint density at radius 3 is 2.36 bits per heavy atom. The third kappa shape index (κ3) is 2.75. The predicted octanol–water partition coefficient (Wildman–Crippen LogP) is 2.39. The molecule has 0 aliphatic heterocycles. The first-order chi connectivity index (χ1) is 5.00. The summed E-state index contributed by atoms with van der Waals surface area (Å²) in [5.41, 5.74) is 0. The maximum absolute atomic E-state index is 4.10. The predicted molar refractivity (Wildman–Crippen MR) is 54.9 cm³/mol. The van der Waals surface area contributed by atoms with Crippen LogP contribution in [0.4, 0.5) is 0 Å². The third-order valence-electron chi connectivity index (χ3n) is 1.59. The van der Waals surface area contributed by atoms with Gasteiger partial charge in [0.15, 0.2) is 0 Å². The maximum atomic E-state index is 4.10. The van der Waals surface area contributed by atoms with Crippen molar-refractivity contribution in [2.75, 3.05) is 0 Å². The Labute approximate surface area is 80.2 Å². The molecule has 3 heteroatoms. The molecule has 1 heterocycles. The second-order valence-corrected chi connectivity index (χ2v) is 18.9. The van der Waals surface area contributed by atoms with Crippen molar-refractivity contribution >= 4 is 37.9 Å². The molecule has 0 saturated heterocycles. The van der Waals surface area contributed by atoms with Crippen LogP contribution >= 0.6 is 15.9 Å². The van der Waals surface area contributed by atoms with Crippen molar-refractivity contribution in [3.8, 4) is 0 Å². The van der Waals surface area contributed by atoms with E-state index in [2.05, 4.69) is 47.9 Å². The van der Waals surface area contributed by atoms with Crippen molar-refractivity contribution in [1.29, 1.82) is 0 Å². The first-order valence-electron chi connectivity index (χ1n) is 3.62. The van der Waals surface area contributed by atoms with Gasteiger partial charge in [0.25, 0.3) is 0 Å². The van der Waals surface area contributed by atoms with E-state index in [0.717, 1.165) is 4.60 Å². The molecular formula is C8H12BrNSn. The van der Waals surface area contributed by atoms with Crippen LogP contribution in [0.5, 0.6) is 0 Å². The number of rotatable bonds is 1. The first-order valence-corrected chi connectivity index (χ1v) is 14.4. The molecule has 0 unspecified atom stereocenters. The average Bonchev–Trinajstić information content (AvgIpc) is 1.86. The quantitative estimate of drug-likeness (QED) is 0.572. The monoisotopic (exact) mass is 321 g/mol. The number of hydrogen-bond acceptors (Lipinski definition) is 1. The Hall–Kier alpha value is 0.429. The fourth-order valence-corrected chi connectivity index (χ4v) is 5.10. The minimum absolute atomic E-state index is 0.960. The van der Waals surface area contributed by atoms with Gasteiger partial charge in [-0.25, -0.2) is 0 Å². The molecule has 60 valence electrons. The van der Waals surface area contributed by atoms with Gasteiger partial charge in [0.05, 0.1) is 0 Å². The van der Waals surface area contributed by atoms with Crippen LogP contribution in [0.1, 0.15) is 0 Å². The second kappa shape index (κ2) is 3.44. The van der Waals surface area contributed by atoms with Crippen molar-refractivity contribution < 1.29 is 0 Å². The van der Waals surface area contributed by atoms with Crippen LogP contribution in [0.25, 0.3) is 0 Å². The van der Waals surface area contributed by atoms with Gasteiger partial charge >= 0.3 is 80.6 Å². The summed E-state index contributed by atoms with van der Waals surface area (Å²) >= 11 is 1.55. The molecule has 1 aromatic heterocycles. The zero-order valence-electron chi connectivity index (χ0n) is 7.06. The van der Waals surface area contributed by atoms with Gasteiger partial charge in [0.1, 0.15) is 0 Å². The second-order valence-electron chi connectivity index (χ2n) is 3.62. The standard InChI is InChI=1S/C5H3BrN.3CH3.Sn/c6-5-3-1-2-4-7-5;;;;/h2-4H;3*1H3;. The van der Waals surface area contributed by atoms with E-state index < -0.39 is 18.4 Å². The molecule has 0 saturated carbocycles. The molecule has 1 nitrogen and oxygen atoms in total. The summed E-state index contributed by atoms with van der Waals surface area (Å²) < 4.78 is 2.47. The SMILES string of the molecule is [CH3][Sn]([CH3])([CH3])[c]1ccnc(Br)c1. The molecule has 0 spiro atoms. The summed E-state index contributed by atoms with van der Waals surface area (Å²) in [6, 6.07) is 4.29. The Morgan fingerprint density at radius 1 is 1.36 bits per heavy atom. The summed E-state index contributed by atoms with van der Waals surface area (Å²) in [6.07, 6.45) is 1.88. The zero-order chi connectivity index (χ0) is 8.48. The number of halogens is 1. The van der Waals surface area contributed by atoms with Crippen molar-refractivity contribution in [3.05, 3.63) is 22.9 Å². The van der Waals surface area contributed by atoms with E-state index in [0.29, 0.717) is 0 Å². The summed E-state index contributed by atoms with van der Waals surface area (Å²) in [6.45, 7) is 0. The van der Waals surface area contributed by atoms with Gasteiger partial charge in [0.2, 0.25) is 0 Å². The third-order valence-corrected chi connectivity index (χ3v) is 7.86. The van der Waals surface area contributed by atoms with Gasteiger partial charge in [-0.1, -0.05) is 0 Å². The minimum atomic E-state index is -1.83.